The van der Waals surface area contributed by atoms with Crippen LogP contribution in [0.5, 0.6) is 0 Å². The van der Waals surface area contributed by atoms with Gasteiger partial charge in [0.25, 0.3) is 0 Å². The van der Waals surface area contributed by atoms with Gasteiger partial charge in [-0.25, -0.2) is 0 Å². The first-order valence-corrected chi connectivity index (χ1v) is 5.62. The van der Waals surface area contributed by atoms with Crippen molar-refractivity contribution < 1.29 is 50.8 Å². The molecule has 0 fully saturated rings. The lowest BCUT2D eigenvalue weighted by atomic mass is 10.1. The Morgan fingerprint density at radius 1 is 0.650 bits per heavy atom. The standard InChI is InChI=1S/C5H12O5.C5H10O5/c2*6-1-3(8)5(10)4(9)2-7/h3-10H,1-2H2;1,3-5,7-10H,2H2/t3-,4+,5?;3-,4-,5+/m.0/s1. The highest BCUT2D eigenvalue weighted by Gasteiger charge is 2.23. The highest BCUT2D eigenvalue weighted by atomic mass is 16.4. The smallest absolute Gasteiger partial charge is 0.151 e. The number of hydrogen-bond donors (Lipinski definition) is 9. The molecule has 0 aliphatic rings. The highest BCUT2D eigenvalue weighted by molar-refractivity contribution is 5.56. The fourth-order valence-corrected chi connectivity index (χ4v) is 0.889. The second-order valence-electron chi connectivity index (χ2n) is 3.86. The number of aliphatic hydroxyl groups is 9. The van der Waals surface area contributed by atoms with Crippen LogP contribution in [0.3, 0.4) is 0 Å². The normalized spacial score (nSPS) is 19.9. The van der Waals surface area contributed by atoms with Gasteiger partial charge in [0.1, 0.15) is 36.6 Å². The number of aldehydes is 1. The summed E-state index contributed by atoms with van der Waals surface area (Å²) in [6.45, 7) is -1.97. The fraction of sp³-hybridized carbons (Fsp3) is 0.900. The van der Waals surface area contributed by atoms with Crippen LogP contribution in [0, 0.1) is 0 Å². The predicted molar refractivity (Wildman–Crippen MR) is 63.4 cm³/mol. The summed E-state index contributed by atoms with van der Waals surface area (Å²) in [5.74, 6) is 0. The van der Waals surface area contributed by atoms with E-state index in [-0.39, 0.29) is 6.29 Å². The van der Waals surface area contributed by atoms with Gasteiger partial charge in [0.05, 0.1) is 19.8 Å². The van der Waals surface area contributed by atoms with Crippen molar-refractivity contribution in [2.45, 2.75) is 36.6 Å². The monoisotopic (exact) mass is 302 g/mol. The predicted octanol–water partition coefficient (Wildman–Crippen LogP) is -5.69. The summed E-state index contributed by atoms with van der Waals surface area (Å²) in [6, 6.07) is 0. The number of carbonyl (C=O) groups is 1. The Bertz CT molecular complexity index is 228. The Morgan fingerprint density at radius 2 is 0.950 bits per heavy atom. The lowest BCUT2D eigenvalue weighted by Gasteiger charge is -2.19. The highest BCUT2D eigenvalue weighted by Crippen LogP contribution is 1.98. The molecule has 0 aromatic carbocycles. The van der Waals surface area contributed by atoms with Gasteiger partial charge in [-0.05, 0) is 0 Å². The average Bonchev–Trinajstić information content (AvgIpc) is 2.50. The molecule has 0 heterocycles. The number of hydrogen-bond acceptors (Lipinski definition) is 10. The van der Waals surface area contributed by atoms with E-state index in [1.807, 2.05) is 0 Å². The molecular weight excluding hydrogens is 280 g/mol. The molecule has 6 atom stereocenters. The number of rotatable bonds is 8. The van der Waals surface area contributed by atoms with Crippen LogP contribution in [0.15, 0.2) is 0 Å². The molecule has 1 unspecified atom stereocenters. The van der Waals surface area contributed by atoms with Crippen LogP contribution in [0.2, 0.25) is 0 Å². The lowest BCUT2D eigenvalue weighted by molar-refractivity contribution is -0.127. The molecule has 0 aliphatic heterocycles. The third-order valence-corrected chi connectivity index (χ3v) is 2.23. The first kappa shape index (κ1) is 21.6. The molecule has 0 aliphatic carbocycles. The van der Waals surface area contributed by atoms with Crippen molar-refractivity contribution in [2.24, 2.45) is 0 Å². The van der Waals surface area contributed by atoms with E-state index in [4.69, 9.17) is 46.0 Å². The molecule has 0 spiro atoms. The van der Waals surface area contributed by atoms with E-state index in [9.17, 15) is 4.79 Å². The van der Waals surface area contributed by atoms with Crippen LogP contribution >= 0.6 is 0 Å². The number of aliphatic hydroxyl groups excluding tert-OH is 9. The van der Waals surface area contributed by atoms with E-state index in [1.54, 1.807) is 0 Å². The summed E-state index contributed by atoms with van der Waals surface area (Å²) < 4.78 is 0. The molecule has 0 radical (unpaired) electrons. The zero-order chi connectivity index (χ0) is 16.3. The Labute approximate surface area is 114 Å². The van der Waals surface area contributed by atoms with Gasteiger partial charge in [-0.1, -0.05) is 0 Å². The van der Waals surface area contributed by atoms with Crippen molar-refractivity contribution in [1.29, 1.82) is 0 Å². The van der Waals surface area contributed by atoms with E-state index < -0.39 is 56.4 Å². The van der Waals surface area contributed by atoms with E-state index in [2.05, 4.69) is 0 Å². The van der Waals surface area contributed by atoms with Gasteiger partial charge in [0.2, 0.25) is 0 Å². The van der Waals surface area contributed by atoms with E-state index in [0.29, 0.717) is 0 Å². The maximum atomic E-state index is 9.76. The molecule has 0 amide bonds. The van der Waals surface area contributed by atoms with Crippen LogP contribution in [0.1, 0.15) is 0 Å². The fourth-order valence-electron chi connectivity index (χ4n) is 0.889. The van der Waals surface area contributed by atoms with Crippen molar-refractivity contribution in [3.05, 3.63) is 0 Å². The maximum absolute atomic E-state index is 9.76. The van der Waals surface area contributed by atoms with Crippen LogP contribution in [-0.2, 0) is 4.79 Å². The van der Waals surface area contributed by atoms with Crippen molar-refractivity contribution in [3.63, 3.8) is 0 Å². The summed E-state index contributed by atoms with van der Waals surface area (Å²) in [5, 5.41) is 76.6. The van der Waals surface area contributed by atoms with Crippen molar-refractivity contribution in [3.8, 4) is 0 Å². The van der Waals surface area contributed by atoms with E-state index >= 15 is 0 Å². The lowest BCUT2D eigenvalue weighted by Crippen LogP contribution is -2.41. The van der Waals surface area contributed by atoms with Gasteiger partial charge < -0.3 is 50.8 Å². The molecule has 0 aromatic rings. The summed E-state index contributed by atoms with van der Waals surface area (Å²) in [5.41, 5.74) is 0. The van der Waals surface area contributed by atoms with Gasteiger partial charge in [-0.2, -0.15) is 0 Å². The van der Waals surface area contributed by atoms with Gasteiger partial charge in [-0.3, -0.25) is 0 Å². The minimum Gasteiger partial charge on any atom is -0.394 e. The first-order valence-electron chi connectivity index (χ1n) is 5.62. The van der Waals surface area contributed by atoms with Crippen LogP contribution < -0.4 is 0 Å². The molecule has 0 aromatic heterocycles. The first-order chi connectivity index (χ1) is 9.26. The Morgan fingerprint density at radius 3 is 1.20 bits per heavy atom. The molecule has 20 heavy (non-hydrogen) atoms. The van der Waals surface area contributed by atoms with Crippen molar-refractivity contribution >= 4 is 6.29 Å². The molecule has 0 saturated heterocycles. The topological polar surface area (TPSA) is 199 Å². The Kier molecular flexibility index (Phi) is 13.1. The summed E-state index contributed by atoms with van der Waals surface area (Å²) in [7, 11) is 0. The van der Waals surface area contributed by atoms with Crippen LogP contribution in [-0.4, -0.2) is 109 Å². The molecule has 10 heteroatoms. The Balaban J connectivity index is 0. The molecule has 122 valence electrons. The minimum absolute atomic E-state index is 0.0869. The van der Waals surface area contributed by atoms with Crippen molar-refractivity contribution in [2.75, 3.05) is 19.8 Å². The van der Waals surface area contributed by atoms with E-state index in [1.165, 1.54) is 0 Å². The molecule has 10 nitrogen and oxygen atoms in total. The summed E-state index contributed by atoms with van der Waals surface area (Å²) >= 11 is 0. The second kappa shape index (κ2) is 12.1. The number of carbonyl (C=O) groups excluding carboxylic acids is 1. The molecule has 0 saturated carbocycles. The maximum Gasteiger partial charge on any atom is 0.151 e. The quantitative estimate of drug-likeness (QED) is 0.195. The van der Waals surface area contributed by atoms with Gasteiger partial charge in [0.15, 0.2) is 6.29 Å². The summed E-state index contributed by atoms with van der Waals surface area (Å²) in [6.07, 6.45) is -8.92. The zero-order valence-electron chi connectivity index (χ0n) is 10.6. The second-order valence-corrected chi connectivity index (χ2v) is 3.86. The van der Waals surface area contributed by atoms with E-state index in [0.717, 1.165) is 0 Å². The van der Waals surface area contributed by atoms with Gasteiger partial charge in [0, 0.05) is 0 Å². The Hall–Kier alpha value is -0.690. The van der Waals surface area contributed by atoms with Crippen molar-refractivity contribution in [1.82, 2.24) is 0 Å². The zero-order valence-corrected chi connectivity index (χ0v) is 10.6. The summed E-state index contributed by atoms with van der Waals surface area (Å²) in [4.78, 5) is 9.76. The largest absolute Gasteiger partial charge is 0.394 e. The third kappa shape index (κ3) is 8.47. The van der Waals surface area contributed by atoms with Crippen LogP contribution in [0.4, 0.5) is 0 Å². The van der Waals surface area contributed by atoms with Gasteiger partial charge >= 0.3 is 0 Å². The minimum atomic E-state index is -1.64. The third-order valence-electron chi connectivity index (χ3n) is 2.23. The molecular formula is C10H22O10. The van der Waals surface area contributed by atoms with Crippen LogP contribution in [0.25, 0.3) is 0 Å². The molecule has 0 rings (SSSR count). The SMILES string of the molecule is O=C[C@H](O)[C@@H](O)[C@@H](O)CO.OC[C@@H](O)C(O)[C@@H](O)CO. The average molecular weight is 302 g/mol. The van der Waals surface area contributed by atoms with Gasteiger partial charge in [-0.15, -0.1) is 0 Å². The molecule has 9 N–H and O–H groups in total. The molecule has 0 bridgehead atoms.